The highest BCUT2D eigenvalue weighted by atomic mass is 35.5. The number of benzene rings is 1. The molecule has 152 valence electrons. The maximum absolute atomic E-state index is 12.9. The third-order valence-electron chi connectivity index (χ3n) is 4.95. The number of esters is 1. The van der Waals surface area contributed by atoms with Crippen molar-refractivity contribution in [1.29, 1.82) is 0 Å². The second kappa shape index (κ2) is 8.20. The summed E-state index contributed by atoms with van der Waals surface area (Å²) in [5, 5.41) is 0.508. The second-order valence-corrected chi connectivity index (χ2v) is 8.92. The summed E-state index contributed by atoms with van der Waals surface area (Å²) in [6.45, 7) is 2.99. The van der Waals surface area contributed by atoms with E-state index in [4.69, 9.17) is 16.3 Å². The highest BCUT2D eigenvalue weighted by molar-refractivity contribution is 7.89. The Kier molecular flexibility index (Phi) is 6.09. The van der Waals surface area contributed by atoms with E-state index in [1.54, 1.807) is 42.8 Å². The van der Waals surface area contributed by atoms with Gasteiger partial charge in [0, 0.05) is 44.4 Å². The van der Waals surface area contributed by atoms with Gasteiger partial charge in [0.15, 0.2) is 5.03 Å². The minimum atomic E-state index is -3.68. The first-order valence-corrected chi connectivity index (χ1v) is 10.6. The number of piperazine rings is 1. The van der Waals surface area contributed by atoms with Crippen molar-refractivity contribution in [1.82, 2.24) is 18.8 Å². The molecular formula is C18H23ClN4O4S. The number of nitrogens with zero attached hydrogens (tertiary/aromatic N) is 4. The lowest BCUT2D eigenvalue weighted by Crippen LogP contribution is -2.51. The Hall–Kier alpha value is -1.94. The van der Waals surface area contributed by atoms with Gasteiger partial charge in [-0.2, -0.15) is 4.31 Å². The Morgan fingerprint density at radius 1 is 1.21 bits per heavy atom. The van der Waals surface area contributed by atoms with E-state index in [9.17, 15) is 13.2 Å². The molecule has 2 heterocycles. The molecule has 1 atom stereocenters. The number of carbonyl (C=O) groups excluding carboxylic acids is 1. The molecule has 8 nitrogen and oxygen atoms in total. The van der Waals surface area contributed by atoms with Gasteiger partial charge < -0.3 is 9.30 Å². The maximum atomic E-state index is 12.9. The number of imidazole rings is 1. The van der Waals surface area contributed by atoms with Gasteiger partial charge in [-0.25, -0.2) is 18.2 Å². The Balaban J connectivity index is 1.79. The predicted molar refractivity (Wildman–Crippen MR) is 104 cm³/mol. The van der Waals surface area contributed by atoms with Crippen molar-refractivity contribution in [3.05, 3.63) is 46.9 Å². The van der Waals surface area contributed by atoms with Gasteiger partial charge in [-0.05, 0) is 18.6 Å². The zero-order chi connectivity index (χ0) is 20.5. The van der Waals surface area contributed by atoms with Crippen molar-refractivity contribution in [2.75, 3.05) is 33.3 Å². The van der Waals surface area contributed by atoms with Gasteiger partial charge in [0.05, 0.1) is 7.11 Å². The summed E-state index contributed by atoms with van der Waals surface area (Å²) in [4.78, 5) is 18.5. The first-order chi connectivity index (χ1) is 13.3. The number of carbonyl (C=O) groups is 1. The molecule has 1 aromatic carbocycles. The normalized spacial score (nSPS) is 17.4. The molecule has 1 aliphatic heterocycles. The molecule has 0 bridgehead atoms. The fourth-order valence-electron chi connectivity index (χ4n) is 3.27. The Labute approximate surface area is 169 Å². The standard InChI is InChI=1S/C18H23ClN4O4S/c1-13-20-16(12-21(13)2)28(25,26)23-10-8-22(9-11-23)17(18(24)27-3)14-6-4-5-7-15(14)19/h4-7,12,17H,8-11H2,1-3H3. The number of aryl methyl sites for hydroxylation is 2. The van der Waals surface area contributed by atoms with Crippen LogP contribution in [0.25, 0.3) is 0 Å². The average molecular weight is 427 g/mol. The van der Waals surface area contributed by atoms with Gasteiger partial charge in [-0.1, -0.05) is 29.8 Å². The van der Waals surface area contributed by atoms with Crippen LogP contribution in [-0.2, 0) is 26.6 Å². The molecule has 1 unspecified atom stereocenters. The molecule has 2 aromatic rings. The Morgan fingerprint density at radius 3 is 2.39 bits per heavy atom. The maximum Gasteiger partial charge on any atom is 0.327 e. The van der Waals surface area contributed by atoms with Crippen LogP contribution in [0.5, 0.6) is 0 Å². The average Bonchev–Trinajstić information content (AvgIpc) is 3.03. The van der Waals surface area contributed by atoms with Crippen molar-refractivity contribution in [2.45, 2.75) is 18.0 Å². The summed E-state index contributed by atoms with van der Waals surface area (Å²) in [6, 6.07) is 6.42. The highest BCUT2D eigenvalue weighted by Crippen LogP contribution is 2.30. The van der Waals surface area contributed by atoms with Crippen LogP contribution in [0.4, 0.5) is 0 Å². The summed E-state index contributed by atoms with van der Waals surface area (Å²) in [5.74, 6) is 0.200. The van der Waals surface area contributed by atoms with Gasteiger partial charge in [-0.3, -0.25) is 4.90 Å². The first-order valence-electron chi connectivity index (χ1n) is 8.82. The quantitative estimate of drug-likeness (QED) is 0.675. The van der Waals surface area contributed by atoms with E-state index < -0.39 is 22.0 Å². The van der Waals surface area contributed by atoms with Crippen LogP contribution in [0.3, 0.4) is 0 Å². The van der Waals surface area contributed by atoms with Gasteiger partial charge in [-0.15, -0.1) is 0 Å². The van der Waals surface area contributed by atoms with Gasteiger partial charge in [0.25, 0.3) is 10.0 Å². The van der Waals surface area contributed by atoms with Crippen molar-refractivity contribution in [3.63, 3.8) is 0 Å². The number of methoxy groups -OCH3 is 1. The van der Waals surface area contributed by atoms with Crippen molar-refractivity contribution < 1.29 is 17.9 Å². The summed E-state index contributed by atoms with van der Waals surface area (Å²) in [5.41, 5.74) is 0.646. The molecule has 1 aliphatic rings. The molecule has 0 saturated carbocycles. The summed E-state index contributed by atoms with van der Waals surface area (Å²) in [6.07, 6.45) is 1.51. The SMILES string of the molecule is COC(=O)C(c1ccccc1Cl)N1CCN(S(=O)(=O)c2cn(C)c(C)n2)CC1. The van der Waals surface area contributed by atoms with Crippen molar-refractivity contribution in [2.24, 2.45) is 7.05 Å². The highest BCUT2D eigenvalue weighted by Gasteiger charge is 2.36. The molecule has 0 aliphatic carbocycles. The first kappa shape index (κ1) is 20.8. The number of aromatic nitrogens is 2. The van der Waals surface area contributed by atoms with Crippen molar-refractivity contribution >= 4 is 27.6 Å². The summed E-state index contributed by atoms with van der Waals surface area (Å²) < 4.78 is 33.8. The van der Waals surface area contributed by atoms with Crippen LogP contribution in [0.15, 0.2) is 35.5 Å². The number of hydrogen-bond acceptors (Lipinski definition) is 6. The zero-order valence-corrected chi connectivity index (χ0v) is 17.6. The summed E-state index contributed by atoms with van der Waals surface area (Å²) in [7, 11) is -0.595. The predicted octanol–water partition coefficient (Wildman–Crippen LogP) is 1.60. The van der Waals surface area contributed by atoms with Crippen LogP contribution >= 0.6 is 11.6 Å². The fraction of sp³-hybridized carbons (Fsp3) is 0.444. The minimum Gasteiger partial charge on any atom is -0.468 e. The zero-order valence-electron chi connectivity index (χ0n) is 16.0. The molecule has 0 amide bonds. The molecular weight excluding hydrogens is 404 g/mol. The van der Waals surface area contributed by atoms with Gasteiger partial charge in [0.2, 0.25) is 0 Å². The van der Waals surface area contributed by atoms with E-state index in [0.29, 0.717) is 29.5 Å². The molecule has 3 rings (SSSR count). The molecule has 28 heavy (non-hydrogen) atoms. The van der Waals surface area contributed by atoms with Crippen LogP contribution in [0, 0.1) is 6.92 Å². The molecule has 0 N–H and O–H groups in total. The van der Waals surface area contributed by atoms with E-state index >= 15 is 0 Å². The number of hydrogen-bond donors (Lipinski definition) is 0. The lowest BCUT2D eigenvalue weighted by atomic mass is 10.0. The minimum absolute atomic E-state index is 0.0385. The molecule has 1 fully saturated rings. The molecule has 0 radical (unpaired) electrons. The van der Waals surface area contributed by atoms with E-state index in [1.807, 2.05) is 4.90 Å². The van der Waals surface area contributed by atoms with Crippen LogP contribution < -0.4 is 0 Å². The third kappa shape index (κ3) is 3.93. The molecule has 0 spiro atoms. The molecule has 1 aromatic heterocycles. The Bertz CT molecular complexity index is 948. The van der Waals surface area contributed by atoms with Crippen LogP contribution in [0.2, 0.25) is 5.02 Å². The number of sulfonamides is 1. The number of halogens is 1. The topological polar surface area (TPSA) is 84.7 Å². The van der Waals surface area contributed by atoms with Crippen LogP contribution in [-0.4, -0.2) is 66.4 Å². The number of rotatable bonds is 5. The Morgan fingerprint density at radius 2 is 1.86 bits per heavy atom. The van der Waals surface area contributed by atoms with E-state index in [0.717, 1.165) is 0 Å². The van der Waals surface area contributed by atoms with Crippen LogP contribution in [0.1, 0.15) is 17.4 Å². The van der Waals surface area contributed by atoms with Gasteiger partial charge >= 0.3 is 5.97 Å². The lowest BCUT2D eigenvalue weighted by molar-refractivity contribution is -0.147. The smallest absolute Gasteiger partial charge is 0.327 e. The third-order valence-corrected chi connectivity index (χ3v) is 7.07. The molecule has 10 heteroatoms. The second-order valence-electron chi connectivity index (χ2n) is 6.62. The monoisotopic (exact) mass is 426 g/mol. The number of ether oxygens (including phenoxy) is 1. The van der Waals surface area contributed by atoms with E-state index in [1.165, 1.54) is 17.6 Å². The molecule has 1 saturated heterocycles. The fourth-order valence-corrected chi connectivity index (χ4v) is 4.95. The van der Waals surface area contributed by atoms with Gasteiger partial charge in [0.1, 0.15) is 11.9 Å². The van der Waals surface area contributed by atoms with E-state index in [2.05, 4.69) is 4.98 Å². The van der Waals surface area contributed by atoms with E-state index in [-0.39, 0.29) is 18.1 Å². The summed E-state index contributed by atoms with van der Waals surface area (Å²) >= 11 is 6.29. The largest absolute Gasteiger partial charge is 0.468 e. The van der Waals surface area contributed by atoms with Crippen molar-refractivity contribution in [3.8, 4) is 0 Å². The lowest BCUT2D eigenvalue weighted by Gasteiger charge is -2.37.